The molecule has 4 heteroatoms. The molecule has 0 aliphatic carbocycles. The van der Waals surface area contributed by atoms with Gasteiger partial charge in [-0.05, 0) is 38.1 Å². The van der Waals surface area contributed by atoms with Crippen LogP contribution in [0.25, 0.3) is 11.0 Å². The number of benzene rings is 1. The maximum Gasteiger partial charge on any atom is 0.106 e. The van der Waals surface area contributed by atoms with Crippen molar-refractivity contribution in [2.75, 3.05) is 26.7 Å². The van der Waals surface area contributed by atoms with E-state index in [4.69, 9.17) is 0 Å². The molecule has 0 radical (unpaired) electrons. The summed E-state index contributed by atoms with van der Waals surface area (Å²) in [7, 11) is 4.31. The third kappa shape index (κ3) is 2.38. The number of aromatic nitrogens is 2. The van der Waals surface area contributed by atoms with Crippen LogP contribution in [-0.2, 0) is 13.5 Å². The van der Waals surface area contributed by atoms with Gasteiger partial charge in [0.1, 0.15) is 5.82 Å². The fraction of sp³-hybridized carbons (Fsp3) is 0.533. The van der Waals surface area contributed by atoms with Gasteiger partial charge in [-0.15, -0.1) is 0 Å². The van der Waals surface area contributed by atoms with Gasteiger partial charge in [-0.2, -0.15) is 0 Å². The second kappa shape index (κ2) is 4.94. The number of hydrogen-bond acceptors (Lipinski definition) is 3. The van der Waals surface area contributed by atoms with Crippen LogP contribution in [0.15, 0.2) is 18.2 Å². The Morgan fingerprint density at radius 2 is 2.21 bits per heavy atom. The average Bonchev–Trinajstić information content (AvgIpc) is 2.68. The van der Waals surface area contributed by atoms with Crippen molar-refractivity contribution in [1.29, 1.82) is 0 Å². The van der Waals surface area contributed by atoms with Gasteiger partial charge in [-0.25, -0.2) is 4.98 Å². The Labute approximate surface area is 114 Å². The summed E-state index contributed by atoms with van der Waals surface area (Å²) in [4.78, 5) is 7.01. The number of fused-ring (bicyclic) bond motifs is 1. The third-order valence-corrected chi connectivity index (χ3v) is 4.28. The third-order valence-electron chi connectivity index (χ3n) is 4.28. The van der Waals surface area contributed by atoms with Crippen molar-refractivity contribution in [2.24, 2.45) is 7.05 Å². The van der Waals surface area contributed by atoms with Gasteiger partial charge in [0.05, 0.1) is 11.0 Å². The number of aryl methyl sites for hydroxylation is 2. The normalized spacial score (nSPS) is 21.1. The minimum Gasteiger partial charge on any atom is -0.331 e. The van der Waals surface area contributed by atoms with Crippen LogP contribution >= 0.6 is 0 Å². The van der Waals surface area contributed by atoms with Gasteiger partial charge in [-0.3, -0.25) is 0 Å². The zero-order valence-corrected chi connectivity index (χ0v) is 12.0. The number of hydrogen-bond donors (Lipinski definition) is 1. The summed E-state index contributed by atoms with van der Waals surface area (Å²) in [6.45, 7) is 5.38. The molecular weight excluding hydrogens is 236 g/mol. The number of imidazole rings is 1. The minimum absolute atomic E-state index is 0.598. The topological polar surface area (TPSA) is 33.1 Å². The predicted molar refractivity (Wildman–Crippen MR) is 78.4 cm³/mol. The lowest BCUT2D eigenvalue weighted by Gasteiger charge is -2.33. The first-order valence-electron chi connectivity index (χ1n) is 6.98. The van der Waals surface area contributed by atoms with Crippen molar-refractivity contribution in [3.05, 3.63) is 29.6 Å². The van der Waals surface area contributed by atoms with Crippen LogP contribution in [0.4, 0.5) is 0 Å². The standard InChI is InChI=1S/C15H22N4/c1-11-17-14-5-4-12(9-15(14)19(11)3)8-13-10-16-6-7-18(13)2/h4-5,9,13,16H,6-8,10H2,1-3H3. The van der Waals surface area contributed by atoms with Gasteiger partial charge in [0.15, 0.2) is 0 Å². The number of piperazine rings is 1. The van der Waals surface area contributed by atoms with E-state index in [9.17, 15) is 0 Å². The van der Waals surface area contributed by atoms with E-state index in [0.717, 1.165) is 37.4 Å². The van der Waals surface area contributed by atoms with Crippen LogP contribution in [0.3, 0.4) is 0 Å². The van der Waals surface area contributed by atoms with Crippen molar-refractivity contribution >= 4 is 11.0 Å². The zero-order valence-electron chi connectivity index (χ0n) is 12.0. The fourth-order valence-corrected chi connectivity index (χ4v) is 2.85. The molecule has 1 aromatic carbocycles. The maximum absolute atomic E-state index is 4.56. The highest BCUT2D eigenvalue weighted by Gasteiger charge is 2.19. The van der Waals surface area contributed by atoms with Crippen LogP contribution in [0.1, 0.15) is 11.4 Å². The predicted octanol–water partition coefficient (Wildman–Crippen LogP) is 1.33. The van der Waals surface area contributed by atoms with Gasteiger partial charge < -0.3 is 14.8 Å². The molecule has 19 heavy (non-hydrogen) atoms. The molecule has 2 heterocycles. The van der Waals surface area contributed by atoms with Gasteiger partial charge >= 0.3 is 0 Å². The van der Waals surface area contributed by atoms with E-state index < -0.39 is 0 Å². The van der Waals surface area contributed by atoms with Crippen LogP contribution in [0.2, 0.25) is 0 Å². The molecule has 1 aliphatic rings. The van der Waals surface area contributed by atoms with E-state index in [1.54, 1.807) is 0 Å². The summed E-state index contributed by atoms with van der Waals surface area (Å²) in [6.07, 6.45) is 1.10. The Kier molecular flexibility index (Phi) is 3.29. The Balaban J connectivity index is 1.86. The number of rotatable bonds is 2. The summed E-state index contributed by atoms with van der Waals surface area (Å²) < 4.78 is 2.17. The van der Waals surface area contributed by atoms with Gasteiger partial charge in [0.25, 0.3) is 0 Å². The Bertz CT molecular complexity index is 587. The average molecular weight is 258 g/mol. The minimum atomic E-state index is 0.598. The summed E-state index contributed by atoms with van der Waals surface area (Å²) in [5.41, 5.74) is 3.73. The highest BCUT2D eigenvalue weighted by atomic mass is 15.2. The van der Waals surface area contributed by atoms with Crippen molar-refractivity contribution in [3.63, 3.8) is 0 Å². The lowest BCUT2D eigenvalue weighted by Crippen LogP contribution is -2.50. The Morgan fingerprint density at radius 1 is 1.37 bits per heavy atom. The van der Waals surface area contributed by atoms with E-state index in [2.05, 4.69) is 59.0 Å². The summed E-state index contributed by atoms with van der Waals surface area (Å²) in [5, 5.41) is 3.48. The molecule has 1 aromatic heterocycles. The van der Waals surface area contributed by atoms with Crippen molar-refractivity contribution in [3.8, 4) is 0 Å². The molecule has 0 amide bonds. The summed E-state index contributed by atoms with van der Waals surface area (Å²) >= 11 is 0. The Hall–Kier alpha value is -1.39. The van der Waals surface area contributed by atoms with E-state index >= 15 is 0 Å². The monoisotopic (exact) mass is 258 g/mol. The number of nitrogens with one attached hydrogen (secondary N) is 1. The first-order valence-corrected chi connectivity index (χ1v) is 6.98. The molecule has 2 aromatic rings. The van der Waals surface area contributed by atoms with Crippen LogP contribution in [-0.4, -0.2) is 47.2 Å². The quantitative estimate of drug-likeness (QED) is 0.882. The molecule has 0 spiro atoms. The van der Waals surface area contributed by atoms with Gasteiger partial charge in [0, 0.05) is 32.7 Å². The van der Waals surface area contributed by atoms with E-state index in [-0.39, 0.29) is 0 Å². The van der Waals surface area contributed by atoms with Crippen molar-refractivity contribution in [1.82, 2.24) is 19.8 Å². The first-order chi connectivity index (χ1) is 9.15. The number of nitrogens with zero attached hydrogens (tertiary/aromatic N) is 3. The molecule has 1 atom stereocenters. The lowest BCUT2D eigenvalue weighted by molar-refractivity contribution is 0.199. The fourth-order valence-electron chi connectivity index (χ4n) is 2.85. The molecule has 1 saturated heterocycles. The lowest BCUT2D eigenvalue weighted by atomic mass is 10.0. The molecule has 3 rings (SSSR count). The maximum atomic E-state index is 4.56. The van der Waals surface area contributed by atoms with Crippen molar-refractivity contribution in [2.45, 2.75) is 19.4 Å². The van der Waals surface area contributed by atoms with E-state index in [0.29, 0.717) is 6.04 Å². The second-order valence-corrected chi connectivity index (χ2v) is 5.58. The molecule has 102 valence electrons. The SMILES string of the molecule is Cc1nc2ccc(CC3CNCCN3C)cc2n1C. The summed E-state index contributed by atoms with van der Waals surface area (Å²) in [5.74, 6) is 1.07. The molecule has 1 N–H and O–H groups in total. The highest BCUT2D eigenvalue weighted by Crippen LogP contribution is 2.18. The molecule has 1 unspecified atom stereocenters. The second-order valence-electron chi connectivity index (χ2n) is 5.58. The molecule has 1 aliphatic heterocycles. The van der Waals surface area contributed by atoms with E-state index in [1.807, 2.05) is 0 Å². The van der Waals surface area contributed by atoms with Crippen LogP contribution in [0.5, 0.6) is 0 Å². The number of likely N-dealkylation sites (N-methyl/N-ethyl adjacent to an activating group) is 1. The summed E-state index contributed by atoms with van der Waals surface area (Å²) in [6, 6.07) is 7.25. The molecular formula is C15H22N4. The van der Waals surface area contributed by atoms with Crippen molar-refractivity contribution < 1.29 is 0 Å². The first kappa shape index (κ1) is 12.6. The van der Waals surface area contributed by atoms with Crippen LogP contribution < -0.4 is 5.32 Å². The van der Waals surface area contributed by atoms with Crippen LogP contribution in [0, 0.1) is 6.92 Å². The largest absolute Gasteiger partial charge is 0.331 e. The Morgan fingerprint density at radius 3 is 3.00 bits per heavy atom. The molecule has 4 nitrogen and oxygen atoms in total. The molecule has 0 bridgehead atoms. The van der Waals surface area contributed by atoms with Gasteiger partial charge in [-0.1, -0.05) is 6.07 Å². The highest BCUT2D eigenvalue weighted by molar-refractivity contribution is 5.76. The zero-order chi connectivity index (χ0) is 13.4. The molecule has 1 fully saturated rings. The molecule has 0 saturated carbocycles. The smallest absolute Gasteiger partial charge is 0.106 e. The van der Waals surface area contributed by atoms with Gasteiger partial charge in [0.2, 0.25) is 0 Å². The van der Waals surface area contributed by atoms with E-state index in [1.165, 1.54) is 11.1 Å².